The number of hydrogen-bond donors (Lipinski definition) is 1. The molecule has 1 aliphatic carbocycles. The molecule has 0 radical (unpaired) electrons. The minimum atomic E-state index is -0.611. The minimum absolute atomic E-state index is 0.0316. The Kier molecular flexibility index (Phi) is 8.10. The number of fused-ring (bicyclic) bond motifs is 1. The highest BCUT2D eigenvalue weighted by Crippen LogP contribution is 2.40. The number of nitro groups is 1. The maximum absolute atomic E-state index is 13.8. The molecular weight excluding hydrogens is 520 g/mol. The second-order valence-electron chi connectivity index (χ2n) is 9.91. The number of aliphatic hydroxyl groups is 1. The van der Waals surface area contributed by atoms with Crippen LogP contribution in [0.2, 0.25) is 0 Å². The number of rotatable bonds is 7. The Hall–Kier alpha value is -4.98. The lowest BCUT2D eigenvalue weighted by Gasteiger charge is -2.21. The van der Waals surface area contributed by atoms with E-state index in [1.807, 2.05) is 59.2 Å². The van der Waals surface area contributed by atoms with Gasteiger partial charge < -0.3 is 14.4 Å². The maximum atomic E-state index is 13.8. The summed E-state index contributed by atoms with van der Waals surface area (Å²) < 4.78 is 7.37. The van der Waals surface area contributed by atoms with E-state index in [0.29, 0.717) is 36.9 Å². The topological polar surface area (TPSA) is 112 Å². The van der Waals surface area contributed by atoms with Gasteiger partial charge in [-0.3, -0.25) is 14.9 Å². The molecule has 41 heavy (non-hydrogen) atoms. The number of allylic oxidation sites excluding steroid dienone is 2. The molecule has 4 aromatic rings. The maximum Gasteiger partial charge on any atom is 0.334 e. The number of esters is 1. The monoisotopic (exact) mass is 550 g/mol. The van der Waals surface area contributed by atoms with E-state index >= 15 is 0 Å². The van der Waals surface area contributed by atoms with Gasteiger partial charge in [0, 0.05) is 58.9 Å². The Bertz CT molecular complexity index is 1700. The third-order valence-electron chi connectivity index (χ3n) is 7.25. The van der Waals surface area contributed by atoms with Crippen LogP contribution in [0.3, 0.4) is 0 Å². The number of benzene rings is 3. The van der Waals surface area contributed by atoms with Gasteiger partial charge in [0.25, 0.3) is 5.69 Å². The molecule has 0 saturated carbocycles. The zero-order valence-corrected chi connectivity index (χ0v) is 22.7. The Labute approximate surface area is 237 Å². The summed E-state index contributed by atoms with van der Waals surface area (Å²) in [6, 6.07) is 23.3. The van der Waals surface area contributed by atoms with E-state index in [4.69, 9.17) is 4.74 Å². The van der Waals surface area contributed by atoms with Gasteiger partial charge >= 0.3 is 5.97 Å². The van der Waals surface area contributed by atoms with Gasteiger partial charge in [-0.2, -0.15) is 0 Å². The molecule has 0 amide bonds. The summed E-state index contributed by atoms with van der Waals surface area (Å²) in [7, 11) is 0. The van der Waals surface area contributed by atoms with Gasteiger partial charge in [0.15, 0.2) is 5.78 Å². The predicted octanol–water partition coefficient (Wildman–Crippen LogP) is 7.03. The molecular formula is C33H30N2O6. The van der Waals surface area contributed by atoms with E-state index in [9.17, 15) is 24.8 Å². The molecule has 1 heterocycles. The first-order valence-corrected chi connectivity index (χ1v) is 13.6. The lowest BCUT2D eigenvalue weighted by atomic mass is 9.83. The molecule has 0 spiro atoms. The fourth-order valence-corrected chi connectivity index (χ4v) is 5.38. The summed E-state index contributed by atoms with van der Waals surface area (Å²) in [6.45, 7) is 2.35. The largest absolute Gasteiger partial charge is 0.506 e. The fourth-order valence-electron chi connectivity index (χ4n) is 5.38. The molecule has 0 bridgehead atoms. The van der Waals surface area contributed by atoms with Crippen LogP contribution in [0.5, 0.6) is 0 Å². The van der Waals surface area contributed by atoms with Gasteiger partial charge in [-0.05, 0) is 43.4 Å². The van der Waals surface area contributed by atoms with Crippen molar-refractivity contribution >= 4 is 39.7 Å². The first kappa shape index (κ1) is 27.6. The molecule has 1 aromatic heterocycles. The Morgan fingerprint density at radius 2 is 1.73 bits per heavy atom. The standard InChI is InChI=1S/C33H30N2O6/c1-2-41-33(38)26-16-7-9-18-29(36)31(30(26)23-13-10-14-24(19-23)35(39)40)32(37)27-21-34(20-22-11-4-3-5-12-22)28-17-8-6-15-25(27)28/h3-6,8,10-15,17,19,21,37H,2,7,9,16,18,20H2,1H3/b30-26+,32-31-. The zero-order valence-electron chi connectivity index (χ0n) is 22.7. The van der Waals surface area contributed by atoms with Gasteiger partial charge in [-0.1, -0.05) is 60.7 Å². The van der Waals surface area contributed by atoms with E-state index in [-0.39, 0.29) is 47.0 Å². The SMILES string of the molecule is CCOC(=O)/C1=C(c2cccc([N+](=O)[O-])c2)/C(=C(\O)c2cn(Cc3ccccc3)c3ccccc23)C(=O)CCCC1. The van der Waals surface area contributed by atoms with Crippen LogP contribution in [-0.2, 0) is 20.9 Å². The van der Waals surface area contributed by atoms with Crippen molar-refractivity contribution in [1.82, 2.24) is 4.57 Å². The molecule has 0 aliphatic heterocycles. The lowest BCUT2D eigenvalue weighted by molar-refractivity contribution is -0.384. The van der Waals surface area contributed by atoms with Gasteiger partial charge in [0.2, 0.25) is 0 Å². The molecule has 1 aliphatic rings. The number of carbonyl (C=O) groups is 2. The third kappa shape index (κ3) is 5.68. The number of ether oxygens (including phenoxy) is 1. The summed E-state index contributed by atoms with van der Waals surface area (Å²) >= 11 is 0. The van der Waals surface area contributed by atoms with Crippen molar-refractivity contribution in [2.24, 2.45) is 0 Å². The number of nitro benzene ring substituents is 1. The van der Waals surface area contributed by atoms with Crippen LogP contribution in [0.1, 0.15) is 49.3 Å². The molecule has 0 unspecified atom stereocenters. The molecule has 8 heteroatoms. The highest BCUT2D eigenvalue weighted by Gasteiger charge is 2.31. The predicted molar refractivity (Wildman–Crippen MR) is 157 cm³/mol. The second kappa shape index (κ2) is 12.0. The van der Waals surface area contributed by atoms with Crippen LogP contribution in [0.15, 0.2) is 96.2 Å². The summed E-state index contributed by atoms with van der Waals surface area (Å²) in [5.41, 5.74) is 2.84. The number of nitrogens with zero attached hydrogens (tertiary/aromatic N) is 2. The number of ketones is 1. The molecule has 0 fully saturated rings. The van der Waals surface area contributed by atoms with Crippen molar-refractivity contribution < 1.29 is 24.4 Å². The van der Waals surface area contributed by atoms with Crippen molar-refractivity contribution in [3.63, 3.8) is 0 Å². The second-order valence-corrected chi connectivity index (χ2v) is 9.91. The number of carbonyl (C=O) groups excluding carboxylic acids is 2. The number of hydrogen-bond acceptors (Lipinski definition) is 6. The van der Waals surface area contributed by atoms with Crippen molar-refractivity contribution in [2.75, 3.05) is 6.61 Å². The molecule has 1 N–H and O–H groups in total. The van der Waals surface area contributed by atoms with E-state index in [1.165, 1.54) is 18.2 Å². The number of non-ortho nitro benzene ring substituents is 1. The number of aromatic nitrogens is 1. The lowest BCUT2D eigenvalue weighted by Crippen LogP contribution is -2.17. The molecule has 0 saturated heterocycles. The summed E-state index contributed by atoms with van der Waals surface area (Å²) in [5.74, 6) is -1.23. The van der Waals surface area contributed by atoms with Gasteiger partial charge in [0.05, 0.1) is 17.1 Å². The van der Waals surface area contributed by atoms with Crippen molar-refractivity contribution in [3.8, 4) is 0 Å². The van der Waals surface area contributed by atoms with Crippen LogP contribution >= 0.6 is 0 Å². The molecule has 8 nitrogen and oxygen atoms in total. The van der Waals surface area contributed by atoms with Gasteiger partial charge in [0.1, 0.15) is 5.76 Å². The smallest absolute Gasteiger partial charge is 0.334 e. The number of aliphatic hydroxyl groups excluding tert-OH is 1. The Morgan fingerprint density at radius 1 is 1.00 bits per heavy atom. The number of para-hydroxylation sites is 1. The van der Waals surface area contributed by atoms with Gasteiger partial charge in [-0.25, -0.2) is 4.79 Å². The molecule has 5 rings (SSSR count). The van der Waals surface area contributed by atoms with Crippen molar-refractivity contribution in [3.05, 3.63) is 123 Å². The van der Waals surface area contributed by atoms with E-state index < -0.39 is 10.9 Å². The van der Waals surface area contributed by atoms with E-state index in [1.54, 1.807) is 19.2 Å². The number of Topliss-reactive ketones (excluding diaryl/α,β-unsaturated/α-hetero) is 1. The van der Waals surface area contributed by atoms with Crippen LogP contribution in [0.25, 0.3) is 22.2 Å². The average molecular weight is 551 g/mol. The van der Waals surface area contributed by atoms with E-state index in [0.717, 1.165) is 16.5 Å². The summed E-state index contributed by atoms with van der Waals surface area (Å²) in [4.78, 5) is 38.2. The van der Waals surface area contributed by atoms with Crippen LogP contribution in [-0.4, -0.2) is 33.0 Å². The van der Waals surface area contributed by atoms with Crippen LogP contribution in [0, 0.1) is 10.1 Å². The average Bonchev–Trinajstić information content (AvgIpc) is 3.34. The van der Waals surface area contributed by atoms with Crippen molar-refractivity contribution in [2.45, 2.75) is 39.2 Å². The summed E-state index contributed by atoms with van der Waals surface area (Å²) in [5, 5.41) is 24.4. The third-order valence-corrected chi connectivity index (χ3v) is 7.25. The summed E-state index contributed by atoms with van der Waals surface area (Å²) in [6.07, 6.45) is 3.35. The fraction of sp³-hybridized carbons (Fsp3) is 0.212. The van der Waals surface area contributed by atoms with E-state index in [2.05, 4.69) is 0 Å². The molecule has 3 aromatic carbocycles. The highest BCUT2D eigenvalue weighted by atomic mass is 16.6. The minimum Gasteiger partial charge on any atom is -0.506 e. The Balaban J connectivity index is 1.80. The normalized spacial score (nSPS) is 17.1. The van der Waals surface area contributed by atoms with Crippen LogP contribution < -0.4 is 0 Å². The molecule has 208 valence electrons. The van der Waals surface area contributed by atoms with Crippen molar-refractivity contribution in [1.29, 1.82) is 0 Å². The first-order valence-electron chi connectivity index (χ1n) is 13.6. The zero-order chi connectivity index (χ0) is 28.9. The molecule has 0 atom stereocenters. The van der Waals surface area contributed by atoms with Gasteiger partial charge in [-0.15, -0.1) is 0 Å². The highest BCUT2D eigenvalue weighted by molar-refractivity contribution is 6.20. The Morgan fingerprint density at radius 3 is 2.49 bits per heavy atom. The quantitative estimate of drug-likeness (QED) is 0.0870. The van der Waals surface area contributed by atoms with Crippen LogP contribution in [0.4, 0.5) is 5.69 Å². The first-order chi connectivity index (χ1) is 19.9.